The number of nitrogens with one attached hydrogen (secondary N) is 4. The van der Waals surface area contributed by atoms with Gasteiger partial charge in [-0.25, -0.2) is 0 Å². The highest BCUT2D eigenvalue weighted by molar-refractivity contribution is 5.98. The van der Waals surface area contributed by atoms with Crippen molar-refractivity contribution < 1.29 is 18.8 Å². The summed E-state index contributed by atoms with van der Waals surface area (Å²) in [5, 5.41) is 11.5. The standard InChI is InChI=1S/C28H26N4O4/c33-26(32-24-12-5-10-22(16-24)28(35)31-18-25-13-6-14-36-25)19-29-23-11-4-9-21(15-23)27(34)30-17-20-7-2-1-3-8-20/h1-16,29H,17-19H2,(H,30,34)(H,31,35)(H,32,33). The average Bonchev–Trinajstić information content (AvgIpc) is 3.44. The second kappa shape index (κ2) is 12.0. The number of anilines is 2. The van der Waals surface area contributed by atoms with Crippen molar-refractivity contribution in [3.63, 3.8) is 0 Å². The van der Waals surface area contributed by atoms with Crippen molar-refractivity contribution in [2.75, 3.05) is 17.2 Å². The van der Waals surface area contributed by atoms with E-state index in [1.165, 1.54) is 0 Å². The van der Waals surface area contributed by atoms with Crippen LogP contribution in [-0.2, 0) is 17.9 Å². The molecule has 0 saturated heterocycles. The minimum Gasteiger partial charge on any atom is -0.467 e. The van der Waals surface area contributed by atoms with Gasteiger partial charge in [-0.15, -0.1) is 0 Å². The normalized spacial score (nSPS) is 10.3. The van der Waals surface area contributed by atoms with Crippen LogP contribution < -0.4 is 21.3 Å². The topological polar surface area (TPSA) is 112 Å². The molecule has 0 radical (unpaired) electrons. The number of rotatable bonds is 10. The SMILES string of the molecule is O=C(CNc1cccc(C(=O)NCc2ccccc2)c1)Nc1cccc(C(=O)NCc2ccco2)c1. The van der Waals surface area contributed by atoms with E-state index in [0.717, 1.165) is 5.56 Å². The molecule has 0 aliphatic rings. The molecule has 1 heterocycles. The number of hydrogen-bond donors (Lipinski definition) is 4. The Morgan fingerprint density at radius 1 is 0.667 bits per heavy atom. The third-order valence-electron chi connectivity index (χ3n) is 5.29. The first-order chi connectivity index (χ1) is 17.6. The van der Waals surface area contributed by atoms with E-state index in [0.29, 0.717) is 34.8 Å². The molecule has 0 unspecified atom stereocenters. The van der Waals surface area contributed by atoms with E-state index in [2.05, 4.69) is 21.3 Å². The first-order valence-electron chi connectivity index (χ1n) is 11.4. The van der Waals surface area contributed by atoms with E-state index in [9.17, 15) is 14.4 Å². The van der Waals surface area contributed by atoms with E-state index >= 15 is 0 Å². The molecule has 3 amide bonds. The Labute approximate surface area is 208 Å². The molecular weight excluding hydrogens is 456 g/mol. The first kappa shape index (κ1) is 24.3. The average molecular weight is 483 g/mol. The number of carbonyl (C=O) groups excluding carboxylic acids is 3. The highest BCUT2D eigenvalue weighted by Gasteiger charge is 2.10. The second-order valence-corrected chi connectivity index (χ2v) is 7.99. The van der Waals surface area contributed by atoms with Crippen molar-refractivity contribution in [2.45, 2.75) is 13.1 Å². The Kier molecular flexibility index (Phi) is 8.11. The third kappa shape index (κ3) is 7.07. The molecule has 0 bridgehead atoms. The lowest BCUT2D eigenvalue weighted by atomic mass is 10.1. The van der Waals surface area contributed by atoms with Gasteiger partial charge in [0.05, 0.1) is 19.4 Å². The number of amides is 3. The summed E-state index contributed by atoms with van der Waals surface area (Å²) in [5.41, 5.74) is 3.06. The molecule has 0 saturated carbocycles. The molecule has 182 valence electrons. The van der Waals surface area contributed by atoms with Crippen molar-refractivity contribution in [3.05, 3.63) is 120 Å². The van der Waals surface area contributed by atoms with Crippen molar-refractivity contribution in [3.8, 4) is 0 Å². The zero-order valence-electron chi connectivity index (χ0n) is 19.5. The maximum atomic E-state index is 12.5. The summed E-state index contributed by atoms with van der Waals surface area (Å²) in [5.74, 6) is -0.115. The molecule has 0 atom stereocenters. The Bertz CT molecular complexity index is 1320. The van der Waals surface area contributed by atoms with E-state index in [1.807, 2.05) is 30.3 Å². The smallest absolute Gasteiger partial charge is 0.251 e. The molecule has 0 spiro atoms. The first-order valence-corrected chi connectivity index (χ1v) is 11.4. The summed E-state index contributed by atoms with van der Waals surface area (Å²) in [6.45, 7) is 0.694. The molecule has 8 heteroatoms. The van der Waals surface area contributed by atoms with Crippen LogP contribution in [0.2, 0.25) is 0 Å². The summed E-state index contributed by atoms with van der Waals surface area (Å²) in [4.78, 5) is 37.3. The quantitative estimate of drug-likeness (QED) is 0.271. The van der Waals surface area contributed by atoms with Crippen molar-refractivity contribution in [1.29, 1.82) is 0 Å². The summed E-state index contributed by atoms with van der Waals surface area (Å²) in [6.07, 6.45) is 1.54. The van der Waals surface area contributed by atoms with Crippen LogP contribution in [0.5, 0.6) is 0 Å². The molecule has 0 aliphatic carbocycles. The van der Waals surface area contributed by atoms with Gasteiger partial charge < -0.3 is 25.7 Å². The van der Waals surface area contributed by atoms with Crippen LogP contribution in [0, 0.1) is 0 Å². The molecule has 8 nitrogen and oxygen atoms in total. The van der Waals surface area contributed by atoms with Gasteiger partial charge >= 0.3 is 0 Å². The fraction of sp³-hybridized carbons (Fsp3) is 0.107. The van der Waals surface area contributed by atoms with Crippen LogP contribution in [0.15, 0.2) is 102 Å². The number of benzene rings is 3. The maximum absolute atomic E-state index is 12.5. The molecule has 0 fully saturated rings. The van der Waals surface area contributed by atoms with E-state index in [-0.39, 0.29) is 30.8 Å². The molecule has 1 aromatic heterocycles. The van der Waals surface area contributed by atoms with Crippen LogP contribution in [-0.4, -0.2) is 24.3 Å². The maximum Gasteiger partial charge on any atom is 0.251 e. The molecule has 4 aromatic rings. The Morgan fingerprint density at radius 2 is 1.33 bits per heavy atom. The molecule has 3 aromatic carbocycles. The molecule has 4 rings (SSSR count). The van der Waals surface area contributed by atoms with Gasteiger partial charge in [0.2, 0.25) is 5.91 Å². The fourth-order valence-electron chi connectivity index (χ4n) is 3.46. The van der Waals surface area contributed by atoms with Crippen LogP contribution in [0.3, 0.4) is 0 Å². The van der Waals surface area contributed by atoms with Gasteiger partial charge in [0.25, 0.3) is 11.8 Å². The van der Waals surface area contributed by atoms with Gasteiger partial charge in [-0.3, -0.25) is 14.4 Å². The molecule has 0 aliphatic heterocycles. The van der Waals surface area contributed by atoms with E-state index in [4.69, 9.17) is 4.42 Å². The highest BCUT2D eigenvalue weighted by atomic mass is 16.3. The summed E-state index contributed by atoms with van der Waals surface area (Å²) < 4.78 is 5.21. The van der Waals surface area contributed by atoms with E-state index < -0.39 is 0 Å². The Morgan fingerprint density at radius 3 is 2.03 bits per heavy atom. The monoisotopic (exact) mass is 482 g/mol. The van der Waals surface area contributed by atoms with Gasteiger partial charge in [-0.2, -0.15) is 0 Å². The Balaban J connectivity index is 1.26. The third-order valence-corrected chi connectivity index (χ3v) is 5.29. The lowest BCUT2D eigenvalue weighted by molar-refractivity contribution is -0.114. The lowest BCUT2D eigenvalue weighted by Crippen LogP contribution is -2.24. The van der Waals surface area contributed by atoms with Gasteiger partial charge in [-0.1, -0.05) is 42.5 Å². The molecule has 4 N–H and O–H groups in total. The highest BCUT2D eigenvalue weighted by Crippen LogP contribution is 2.13. The van der Waals surface area contributed by atoms with Crippen molar-refractivity contribution >= 4 is 29.1 Å². The number of furan rings is 1. The largest absolute Gasteiger partial charge is 0.467 e. The predicted octanol–water partition coefficient (Wildman–Crippen LogP) is 4.19. The minimum absolute atomic E-state index is 0.00992. The molecule has 36 heavy (non-hydrogen) atoms. The van der Waals surface area contributed by atoms with Crippen LogP contribution in [0.4, 0.5) is 11.4 Å². The van der Waals surface area contributed by atoms with Crippen LogP contribution >= 0.6 is 0 Å². The van der Waals surface area contributed by atoms with Crippen LogP contribution in [0.1, 0.15) is 32.0 Å². The number of carbonyl (C=O) groups is 3. The van der Waals surface area contributed by atoms with Gasteiger partial charge in [-0.05, 0) is 54.1 Å². The molecular formula is C28H26N4O4. The fourth-order valence-corrected chi connectivity index (χ4v) is 3.46. The van der Waals surface area contributed by atoms with E-state index in [1.54, 1.807) is 66.9 Å². The van der Waals surface area contributed by atoms with Gasteiger partial charge in [0, 0.05) is 29.0 Å². The summed E-state index contributed by atoms with van der Waals surface area (Å²) in [7, 11) is 0. The second-order valence-electron chi connectivity index (χ2n) is 7.99. The summed E-state index contributed by atoms with van der Waals surface area (Å²) >= 11 is 0. The zero-order chi connectivity index (χ0) is 25.2. The van der Waals surface area contributed by atoms with Crippen LogP contribution in [0.25, 0.3) is 0 Å². The van der Waals surface area contributed by atoms with Gasteiger partial charge in [0.1, 0.15) is 5.76 Å². The lowest BCUT2D eigenvalue weighted by Gasteiger charge is -2.11. The zero-order valence-corrected chi connectivity index (χ0v) is 19.5. The van der Waals surface area contributed by atoms with Crippen molar-refractivity contribution in [2.24, 2.45) is 0 Å². The minimum atomic E-state index is -0.290. The summed E-state index contributed by atoms with van der Waals surface area (Å²) in [6, 6.07) is 26.8. The van der Waals surface area contributed by atoms with Crippen molar-refractivity contribution in [1.82, 2.24) is 10.6 Å². The predicted molar refractivity (Wildman–Crippen MR) is 137 cm³/mol. The number of hydrogen-bond acceptors (Lipinski definition) is 5. The van der Waals surface area contributed by atoms with Gasteiger partial charge in [0.15, 0.2) is 0 Å². The Hall–Kier alpha value is -4.85.